The van der Waals surface area contributed by atoms with Crippen LogP contribution in [0.1, 0.15) is 40.5 Å². The molecule has 13 heavy (non-hydrogen) atoms. The quantitative estimate of drug-likeness (QED) is 0.460. The summed E-state index contributed by atoms with van der Waals surface area (Å²) in [6, 6.07) is 0. The smallest absolute Gasteiger partial charge is 0.303 e. The molecule has 0 amide bonds. The highest BCUT2D eigenvalue weighted by atomic mass is 16.5. The van der Waals surface area contributed by atoms with E-state index in [0.717, 1.165) is 12.8 Å². The van der Waals surface area contributed by atoms with Gasteiger partial charge in [-0.2, -0.15) is 0 Å². The highest BCUT2D eigenvalue weighted by Gasteiger charge is 2.28. The average molecular weight is 182 g/mol. The average Bonchev–Trinajstić information content (AvgIpc) is 1.78. The normalized spacial score (nSPS) is 26.5. The number of hydrogen-bond acceptors (Lipinski definition) is 2. The van der Waals surface area contributed by atoms with Crippen molar-refractivity contribution in [2.75, 3.05) is 0 Å². The lowest BCUT2D eigenvalue weighted by Crippen LogP contribution is -2.27. The Morgan fingerprint density at radius 1 is 1.62 bits per heavy atom. The Balaban J connectivity index is 2.67. The summed E-state index contributed by atoms with van der Waals surface area (Å²) in [4.78, 5) is 10.8. The predicted octanol–water partition coefficient (Wildman–Crippen LogP) is 2.68. The molecule has 2 nitrogen and oxygen atoms in total. The summed E-state index contributed by atoms with van der Waals surface area (Å²) in [5.41, 5.74) is 1.58. The van der Waals surface area contributed by atoms with Crippen LogP contribution in [0.3, 0.4) is 0 Å². The van der Waals surface area contributed by atoms with Gasteiger partial charge in [0.15, 0.2) is 0 Å². The molecule has 0 aliphatic heterocycles. The molecule has 0 fully saturated rings. The lowest BCUT2D eigenvalue weighted by molar-refractivity contribution is -0.145. The van der Waals surface area contributed by atoms with E-state index in [0.29, 0.717) is 0 Å². The third-order valence-electron chi connectivity index (χ3n) is 2.30. The Morgan fingerprint density at radius 2 is 2.23 bits per heavy atom. The minimum absolute atomic E-state index is 0.0127. The number of allylic oxidation sites excluding steroid dienone is 1. The molecule has 0 bridgehead atoms. The zero-order valence-corrected chi connectivity index (χ0v) is 8.89. The van der Waals surface area contributed by atoms with E-state index in [1.54, 1.807) is 0 Å². The minimum Gasteiger partial charge on any atom is -0.458 e. The van der Waals surface area contributed by atoms with E-state index in [-0.39, 0.29) is 17.5 Å². The first-order chi connectivity index (χ1) is 5.89. The van der Waals surface area contributed by atoms with Gasteiger partial charge in [0.25, 0.3) is 0 Å². The van der Waals surface area contributed by atoms with Crippen LogP contribution < -0.4 is 0 Å². The zero-order valence-electron chi connectivity index (χ0n) is 8.89. The van der Waals surface area contributed by atoms with Crippen LogP contribution in [0.2, 0.25) is 0 Å². The molecule has 2 heteroatoms. The fraction of sp³-hybridized carbons (Fsp3) is 0.727. The van der Waals surface area contributed by atoms with E-state index >= 15 is 0 Å². The molecule has 0 aromatic heterocycles. The van der Waals surface area contributed by atoms with Gasteiger partial charge in [-0.1, -0.05) is 19.4 Å². The van der Waals surface area contributed by atoms with Crippen LogP contribution >= 0.6 is 0 Å². The first-order valence-corrected chi connectivity index (χ1v) is 4.73. The van der Waals surface area contributed by atoms with Gasteiger partial charge in [-0.3, -0.25) is 4.79 Å². The van der Waals surface area contributed by atoms with Crippen LogP contribution in [0.25, 0.3) is 0 Å². The molecule has 74 valence electrons. The summed E-state index contributed by atoms with van der Waals surface area (Å²) >= 11 is 0. The second kappa shape index (κ2) is 3.52. The van der Waals surface area contributed by atoms with E-state index in [2.05, 4.69) is 26.8 Å². The van der Waals surface area contributed by atoms with E-state index < -0.39 is 0 Å². The van der Waals surface area contributed by atoms with Gasteiger partial charge in [0.1, 0.15) is 6.10 Å². The molecule has 0 aromatic rings. The van der Waals surface area contributed by atoms with Gasteiger partial charge < -0.3 is 4.74 Å². The van der Waals surface area contributed by atoms with Gasteiger partial charge in [0.05, 0.1) is 0 Å². The molecular weight excluding hydrogens is 164 g/mol. The minimum atomic E-state index is -0.188. The summed E-state index contributed by atoms with van der Waals surface area (Å²) in [5.74, 6) is -0.188. The molecule has 0 unspecified atom stereocenters. The highest BCUT2D eigenvalue weighted by Crippen LogP contribution is 2.36. The van der Waals surface area contributed by atoms with E-state index in [1.807, 2.05) is 0 Å². The van der Waals surface area contributed by atoms with Crippen LogP contribution in [0.15, 0.2) is 11.6 Å². The zero-order chi connectivity index (χ0) is 10.1. The lowest BCUT2D eigenvalue weighted by atomic mass is 9.76. The third-order valence-corrected chi connectivity index (χ3v) is 2.30. The third kappa shape index (κ3) is 3.21. The SMILES string of the molecule is CC(=O)O[C@H]1C=C(C)CC(C)(C)C1. The molecule has 0 heterocycles. The number of carbonyl (C=O) groups is 1. The first-order valence-electron chi connectivity index (χ1n) is 4.73. The Labute approximate surface area is 80.0 Å². The predicted molar refractivity (Wildman–Crippen MR) is 52.3 cm³/mol. The molecule has 0 radical (unpaired) electrons. The Kier molecular flexibility index (Phi) is 2.79. The molecule has 0 saturated heterocycles. The van der Waals surface area contributed by atoms with Crippen molar-refractivity contribution in [3.8, 4) is 0 Å². The maximum Gasteiger partial charge on any atom is 0.303 e. The molecule has 0 saturated carbocycles. The number of rotatable bonds is 1. The van der Waals surface area contributed by atoms with E-state index in [4.69, 9.17) is 4.74 Å². The molecule has 0 N–H and O–H groups in total. The van der Waals surface area contributed by atoms with Crippen molar-refractivity contribution in [2.24, 2.45) is 5.41 Å². The second-order valence-electron chi connectivity index (χ2n) is 4.71. The van der Waals surface area contributed by atoms with Crippen LogP contribution in [-0.4, -0.2) is 12.1 Å². The molecular formula is C11H18O2. The standard InChI is InChI=1S/C11H18O2/c1-8-5-10(13-9(2)12)7-11(3,4)6-8/h5,10H,6-7H2,1-4H3/t10-/m0/s1. The molecule has 1 rings (SSSR count). The van der Waals surface area contributed by atoms with Crippen molar-refractivity contribution in [3.63, 3.8) is 0 Å². The highest BCUT2D eigenvalue weighted by molar-refractivity contribution is 5.66. The van der Waals surface area contributed by atoms with Gasteiger partial charge in [-0.15, -0.1) is 0 Å². The number of ether oxygens (including phenoxy) is 1. The molecule has 1 atom stereocenters. The monoisotopic (exact) mass is 182 g/mol. The van der Waals surface area contributed by atoms with Gasteiger partial charge in [-0.05, 0) is 31.3 Å². The van der Waals surface area contributed by atoms with Crippen molar-refractivity contribution >= 4 is 5.97 Å². The summed E-state index contributed by atoms with van der Waals surface area (Å²) in [7, 11) is 0. The number of esters is 1. The van der Waals surface area contributed by atoms with Crippen molar-refractivity contribution in [1.29, 1.82) is 0 Å². The van der Waals surface area contributed by atoms with Gasteiger partial charge in [-0.25, -0.2) is 0 Å². The van der Waals surface area contributed by atoms with Crippen LogP contribution in [0.4, 0.5) is 0 Å². The van der Waals surface area contributed by atoms with E-state index in [1.165, 1.54) is 12.5 Å². The molecule has 1 aliphatic carbocycles. The summed E-state index contributed by atoms with van der Waals surface area (Å²) < 4.78 is 5.18. The maximum absolute atomic E-state index is 10.8. The van der Waals surface area contributed by atoms with Crippen LogP contribution in [-0.2, 0) is 9.53 Å². The summed E-state index contributed by atoms with van der Waals surface area (Å²) in [6.45, 7) is 7.97. The van der Waals surface area contributed by atoms with Crippen LogP contribution in [0, 0.1) is 5.41 Å². The summed E-state index contributed by atoms with van der Waals surface area (Å²) in [5, 5.41) is 0. The first kappa shape index (κ1) is 10.3. The second-order valence-corrected chi connectivity index (χ2v) is 4.71. The van der Waals surface area contributed by atoms with Crippen LogP contribution in [0.5, 0.6) is 0 Å². The van der Waals surface area contributed by atoms with Gasteiger partial charge >= 0.3 is 5.97 Å². The number of carbonyl (C=O) groups excluding carboxylic acids is 1. The fourth-order valence-electron chi connectivity index (χ4n) is 2.10. The fourth-order valence-corrected chi connectivity index (χ4v) is 2.10. The maximum atomic E-state index is 10.8. The Bertz CT molecular complexity index is 238. The van der Waals surface area contributed by atoms with Crippen molar-refractivity contribution < 1.29 is 9.53 Å². The van der Waals surface area contributed by atoms with E-state index in [9.17, 15) is 4.79 Å². The van der Waals surface area contributed by atoms with Crippen molar-refractivity contribution in [1.82, 2.24) is 0 Å². The molecule has 1 aliphatic rings. The van der Waals surface area contributed by atoms with Gasteiger partial charge in [0, 0.05) is 6.92 Å². The topological polar surface area (TPSA) is 26.3 Å². The Morgan fingerprint density at radius 3 is 2.69 bits per heavy atom. The van der Waals surface area contributed by atoms with Crippen molar-refractivity contribution in [3.05, 3.63) is 11.6 Å². The lowest BCUT2D eigenvalue weighted by Gasteiger charge is -2.33. The number of hydrogen-bond donors (Lipinski definition) is 0. The summed E-state index contributed by atoms with van der Waals surface area (Å²) in [6.07, 6.45) is 4.09. The van der Waals surface area contributed by atoms with Crippen molar-refractivity contribution in [2.45, 2.75) is 46.6 Å². The largest absolute Gasteiger partial charge is 0.458 e. The molecule has 0 aromatic carbocycles. The van der Waals surface area contributed by atoms with Gasteiger partial charge in [0.2, 0.25) is 0 Å². The molecule has 0 spiro atoms. The Hall–Kier alpha value is -0.790.